The number of fused-ring (bicyclic) bond motifs is 1. The maximum absolute atomic E-state index is 5.44. The maximum atomic E-state index is 5.44. The fourth-order valence-corrected chi connectivity index (χ4v) is 3.24. The van der Waals surface area contributed by atoms with Gasteiger partial charge in [0.15, 0.2) is 0 Å². The topological polar surface area (TPSA) is 41.2 Å². The Morgan fingerprint density at radius 3 is 2.57 bits per heavy atom. The van der Waals surface area contributed by atoms with Crippen molar-refractivity contribution < 1.29 is 4.74 Å². The minimum absolute atomic E-state index is 0.433. The summed E-state index contributed by atoms with van der Waals surface area (Å²) in [5.41, 5.74) is 5.89. The van der Waals surface area contributed by atoms with Crippen molar-refractivity contribution in [1.29, 1.82) is 0 Å². The van der Waals surface area contributed by atoms with E-state index in [9.17, 15) is 0 Å². The highest BCUT2D eigenvalue weighted by Gasteiger charge is 2.18. The molecule has 0 unspecified atom stereocenters. The molecule has 0 spiro atoms. The summed E-state index contributed by atoms with van der Waals surface area (Å²) in [5, 5.41) is 0. The standard InChI is InChI=1S/C19H21N3O/c1-14(22-8-10-23-11-9-22)15-2-4-16(5-3-15)17-6-7-18-19(12-17)21-13-20-18/h2-7,12-14H,8-11H2,1H3,(H,20,21)/t14-/m1/s1. The van der Waals surface area contributed by atoms with Crippen LogP contribution in [0.1, 0.15) is 18.5 Å². The molecule has 0 amide bonds. The third-order valence-electron chi connectivity index (χ3n) is 4.74. The molecule has 0 aliphatic carbocycles. The van der Waals surface area contributed by atoms with E-state index in [1.165, 1.54) is 16.7 Å². The van der Waals surface area contributed by atoms with Crippen molar-refractivity contribution in [2.24, 2.45) is 0 Å². The Morgan fingerprint density at radius 2 is 1.78 bits per heavy atom. The van der Waals surface area contributed by atoms with Crippen molar-refractivity contribution in [3.63, 3.8) is 0 Å². The summed E-state index contributed by atoms with van der Waals surface area (Å²) in [7, 11) is 0. The van der Waals surface area contributed by atoms with Crippen molar-refractivity contribution in [2.45, 2.75) is 13.0 Å². The van der Waals surface area contributed by atoms with E-state index in [1.807, 2.05) is 0 Å². The van der Waals surface area contributed by atoms with E-state index in [0.717, 1.165) is 37.3 Å². The first-order chi connectivity index (χ1) is 11.3. The Labute approximate surface area is 136 Å². The molecule has 4 nitrogen and oxygen atoms in total. The Bertz CT molecular complexity index is 788. The summed E-state index contributed by atoms with van der Waals surface area (Å²) in [4.78, 5) is 9.93. The zero-order valence-electron chi connectivity index (χ0n) is 13.3. The lowest BCUT2D eigenvalue weighted by Gasteiger charge is -2.32. The number of H-pyrrole nitrogens is 1. The fourth-order valence-electron chi connectivity index (χ4n) is 3.24. The molecule has 0 bridgehead atoms. The maximum Gasteiger partial charge on any atom is 0.0931 e. The SMILES string of the molecule is C[C@H](c1ccc(-c2ccc3nc[nH]c3c2)cc1)N1CCOCC1. The van der Waals surface area contributed by atoms with Crippen molar-refractivity contribution in [1.82, 2.24) is 14.9 Å². The molecule has 1 aliphatic rings. The summed E-state index contributed by atoms with van der Waals surface area (Å²) in [6.07, 6.45) is 1.74. The van der Waals surface area contributed by atoms with Gasteiger partial charge in [0, 0.05) is 19.1 Å². The van der Waals surface area contributed by atoms with E-state index in [2.05, 4.69) is 64.3 Å². The molecule has 0 radical (unpaired) electrons. The van der Waals surface area contributed by atoms with Crippen LogP contribution in [0, 0.1) is 0 Å². The van der Waals surface area contributed by atoms with Gasteiger partial charge < -0.3 is 9.72 Å². The van der Waals surface area contributed by atoms with E-state index in [4.69, 9.17) is 4.74 Å². The average Bonchev–Trinajstić information content (AvgIpc) is 3.10. The van der Waals surface area contributed by atoms with Crippen LogP contribution < -0.4 is 0 Å². The van der Waals surface area contributed by atoms with E-state index in [0.29, 0.717) is 6.04 Å². The number of imidazole rings is 1. The van der Waals surface area contributed by atoms with Gasteiger partial charge in [-0.2, -0.15) is 0 Å². The Kier molecular flexibility index (Phi) is 3.85. The molecule has 1 aliphatic heterocycles. The summed E-state index contributed by atoms with van der Waals surface area (Å²) in [6.45, 7) is 5.98. The average molecular weight is 307 g/mol. The lowest BCUT2D eigenvalue weighted by molar-refractivity contribution is 0.0198. The lowest BCUT2D eigenvalue weighted by Crippen LogP contribution is -2.37. The molecule has 4 heteroatoms. The highest BCUT2D eigenvalue weighted by molar-refractivity contribution is 5.81. The number of nitrogens with zero attached hydrogens (tertiary/aromatic N) is 2. The number of aromatic nitrogens is 2. The highest BCUT2D eigenvalue weighted by atomic mass is 16.5. The number of ether oxygens (including phenoxy) is 1. The Hall–Kier alpha value is -2.17. The monoisotopic (exact) mass is 307 g/mol. The van der Waals surface area contributed by atoms with Crippen LogP contribution in [0.4, 0.5) is 0 Å². The molecule has 23 heavy (non-hydrogen) atoms. The first-order valence-corrected chi connectivity index (χ1v) is 8.16. The normalized spacial score (nSPS) is 17.4. The van der Waals surface area contributed by atoms with Crippen LogP contribution in [-0.2, 0) is 4.74 Å². The fraction of sp³-hybridized carbons (Fsp3) is 0.316. The summed E-state index contributed by atoms with van der Waals surface area (Å²) < 4.78 is 5.44. The molecule has 1 aromatic heterocycles. The van der Waals surface area contributed by atoms with Gasteiger partial charge in [-0.3, -0.25) is 4.90 Å². The predicted molar refractivity (Wildman–Crippen MR) is 92.3 cm³/mol. The van der Waals surface area contributed by atoms with Crippen LogP contribution in [0.15, 0.2) is 48.8 Å². The van der Waals surface area contributed by atoms with Crippen molar-refractivity contribution in [3.8, 4) is 11.1 Å². The van der Waals surface area contributed by atoms with Crippen LogP contribution in [0.5, 0.6) is 0 Å². The van der Waals surface area contributed by atoms with Crippen molar-refractivity contribution in [2.75, 3.05) is 26.3 Å². The summed E-state index contributed by atoms with van der Waals surface area (Å²) >= 11 is 0. The third-order valence-corrected chi connectivity index (χ3v) is 4.74. The molecular formula is C19H21N3O. The number of aromatic amines is 1. The van der Waals surface area contributed by atoms with Gasteiger partial charge in [-0.05, 0) is 35.7 Å². The number of nitrogens with one attached hydrogen (secondary N) is 1. The molecule has 0 saturated carbocycles. The molecule has 1 N–H and O–H groups in total. The minimum Gasteiger partial charge on any atom is -0.379 e. The second-order valence-corrected chi connectivity index (χ2v) is 6.08. The molecular weight excluding hydrogens is 286 g/mol. The number of benzene rings is 2. The minimum atomic E-state index is 0.433. The van der Waals surface area contributed by atoms with Gasteiger partial charge in [0.25, 0.3) is 0 Å². The van der Waals surface area contributed by atoms with E-state index in [-0.39, 0.29) is 0 Å². The molecule has 4 rings (SSSR count). The number of morpholine rings is 1. The van der Waals surface area contributed by atoms with Gasteiger partial charge in [0.1, 0.15) is 0 Å². The van der Waals surface area contributed by atoms with E-state index in [1.54, 1.807) is 6.33 Å². The van der Waals surface area contributed by atoms with Gasteiger partial charge in [0.2, 0.25) is 0 Å². The van der Waals surface area contributed by atoms with Crippen LogP contribution in [0.3, 0.4) is 0 Å². The third kappa shape index (κ3) is 2.87. The van der Waals surface area contributed by atoms with Crippen LogP contribution in [0.2, 0.25) is 0 Å². The predicted octanol–water partition coefficient (Wildman–Crippen LogP) is 3.62. The van der Waals surface area contributed by atoms with Crippen LogP contribution in [0.25, 0.3) is 22.2 Å². The Morgan fingerprint density at radius 1 is 1.04 bits per heavy atom. The molecule has 3 aromatic rings. The van der Waals surface area contributed by atoms with Gasteiger partial charge in [-0.1, -0.05) is 30.3 Å². The van der Waals surface area contributed by atoms with Gasteiger partial charge >= 0.3 is 0 Å². The van der Waals surface area contributed by atoms with Crippen LogP contribution >= 0.6 is 0 Å². The van der Waals surface area contributed by atoms with Gasteiger partial charge in [0.05, 0.1) is 30.6 Å². The van der Waals surface area contributed by atoms with E-state index >= 15 is 0 Å². The second kappa shape index (κ2) is 6.14. The quantitative estimate of drug-likeness (QED) is 0.803. The smallest absolute Gasteiger partial charge is 0.0931 e. The van der Waals surface area contributed by atoms with Gasteiger partial charge in [-0.15, -0.1) is 0 Å². The summed E-state index contributed by atoms with van der Waals surface area (Å²) in [6, 6.07) is 15.7. The number of hydrogen-bond acceptors (Lipinski definition) is 3. The molecule has 118 valence electrons. The molecule has 2 aromatic carbocycles. The van der Waals surface area contributed by atoms with Crippen LogP contribution in [-0.4, -0.2) is 41.2 Å². The number of hydrogen-bond donors (Lipinski definition) is 1. The zero-order chi connectivity index (χ0) is 15.6. The highest BCUT2D eigenvalue weighted by Crippen LogP contribution is 2.26. The number of rotatable bonds is 3. The lowest BCUT2D eigenvalue weighted by atomic mass is 10.00. The van der Waals surface area contributed by atoms with Gasteiger partial charge in [-0.25, -0.2) is 4.98 Å². The zero-order valence-corrected chi connectivity index (χ0v) is 13.3. The molecule has 1 fully saturated rings. The largest absolute Gasteiger partial charge is 0.379 e. The van der Waals surface area contributed by atoms with E-state index < -0.39 is 0 Å². The van der Waals surface area contributed by atoms with Crippen molar-refractivity contribution >= 4 is 11.0 Å². The molecule has 2 heterocycles. The van der Waals surface area contributed by atoms with Crippen molar-refractivity contribution in [3.05, 3.63) is 54.4 Å². The first kappa shape index (κ1) is 14.4. The first-order valence-electron chi connectivity index (χ1n) is 8.16. The second-order valence-electron chi connectivity index (χ2n) is 6.08. The summed E-state index contributed by atoms with van der Waals surface area (Å²) in [5.74, 6) is 0. The molecule has 1 atom stereocenters. The Balaban J connectivity index is 1.57. The molecule has 1 saturated heterocycles.